The van der Waals surface area contributed by atoms with E-state index >= 15 is 0 Å². The first-order valence-electron chi connectivity index (χ1n) is 12.2. The second-order valence-corrected chi connectivity index (χ2v) is 9.88. The summed E-state index contributed by atoms with van der Waals surface area (Å²) in [5, 5.41) is 20.0. The van der Waals surface area contributed by atoms with Crippen molar-refractivity contribution in [2.75, 3.05) is 33.8 Å². The molecular formula is C29H36N2O4. The third-order valence-electron chi connectivity index (χ3n) is 8.03. The number of carbonyl (C=O) groups excluding carboxylic acids is 1. The molecule has 4 rings (SSSR count). The standard InChI is InChI=1S/C29H36N2O4/c1-4-16-31-17-15-28(23-8-6-10-26(33)19-23)20-24(13-14-29(28,21-31)35-3)30(2)27(34)12-11-22-7-5-9-25(32)18-22/h4-12,18-19,24,32-33H,1,13-17,20-21H2,2-3H3/b12-11+. The summed E-state index contributed by atoms with van der Waals surface area (Å²) in [6, 6.07) is 14.4. The van der Waals surface area contributed by atoms with Crippen molar-refractivity contribution in [1.29, 1.82) is 0 Å². The van der Waals surface area contributed by atoms with E-state index in [0.717, 1.165) is 56.4 Å². The lowest BCUT2D eigenvalue weighted by molar-refractivity contribution is -0.157. The van der Waals surface area contributed by atoms with Gasteiger partial charge < -0.3 is 19.8 Å². The van der Waals surface area contributed by atoms with Crippen LogP contribution < -0.4 is 0 Å². The van der Waals surface area contributed by atoms with Crippen LogP contribution in [0, 0.1) is 0 Å². The Labute approximate surface area is 208 Å². The largest absolute Gasteiger partial charge is 0.508 e. The Morgan fingerprint density at radius 1 is 1.20 bits per heavy atom. The molecule has 6 heteroatoms. The molecule has 0 radical (unpaired) electrons. The summed E-state index contributed by atoms with van der Waals surface area (Å²) in [7, 11) is 3.66. The summed E-state index contributed by atoms with van der Waals surface area (Å²) < 4.78 is 6.36. The number of ether oxygens (including phenoxy) is 1. The number of fused-ring (bicyclic) bond motifs is 1. The van der Waals surface area contributed by atoms with Crippen LogP contribution in [0.4, 0.5) is 0 Å². The molecule has 2 aliphatic rings. The van der Waals surface area contributed by atoms with E-state index in [-0.39, 0.29) is 28.9 Å². The molecule has 0 spiro atoms. The maximum absolute atomic E-state index is 13.1. The second-order valence-electron chi connectivity index (χ2n) is 9.88. The van der Waals surface area contributed by atoms with Crippen molar-refractivity contribution in [3.63, 3.8) is 0 Å². The van der Waals surface area contributed by atoms with Crippen molar-refractivity contribution >= 4 is 12.0 Å². The van der Waals surface area contributed by atoms with Crippen LogP contribution in [-0.4, -0.2) is 71.4 Å². The normalized spacial score (nSPS) is 26.9. The van der Waals surface area contributed by atoms with Gasteiger partial charge in [0.15, 0.2) is 0 Å². The van der Waals surface area contributed by atoms with E-state index in [2.05, 4.69) is 17.5 Å². The molecule has 0 aromatic heterocycles. The predicted octanol–water partition coefficient (Wildman–Crippen LogP) is 4.34. The maximum atomic E-state index is 13.1. The number of phenolic OH excluding ortho intramolecular Hbond substituents is 2. The van der Waals surface area contributed by atoms with E-state index in [1.807, 2.05) is 36.2 Å². The minimum atomic E-state index is -0.417. The van der Waals surface area contributed by atoms with Gasteiger partial charge in [0.05, 0.1) is 5.60 Å². The summed E-state index contributed by atoms with van der Waals surface area (Å²) in [4.78, 5) is 17.3. The SMILES string of the molecule is C=CCN1CCC2(c3cccc(O)c3)CC(N(C)C(=O)/C=C/c3cccc(O)c3)CCC2(OC)C1. The van der Waals surface area contributed by atoms with Gasteiger partial charge in [-0.05, 0) is 73.7 Å². The predicted molar refractivity (Wildman–Crippen MR) is 138 cm³/mol. The number of aromatic hydroxyl groups is 2. The van der Waals surface area contributed by atoms with Crippen molar-refractivity contribution in [3.8, 4) is 11.5 Å². The van der Waals surface area contributed by atoms with Crippen molar-refractivity contribution in [3.05, 3.63) is 78.4 Å². The summed E-state index contributed by atoms with van der Waals surface area (Å²) in [5.41, 5.74) is 1.10. The Hall–Kier alpha value is -3.09. The molecule has 3 unspecified atom stereocenters. The molecule has 2 fully saturated rings. The number of rotatable bonds is 7. The number of likely N-dealkylation sites (N-methyl/N-ethyl adjacent to an activating group) is 1. The topological polar surface area (TPSA) is 73.2 Å². The number of nitrogens with zero attached hydrogens (tertiary/aromatic N) is 2. The Balaban J connectivity index is 1.63. The number of benzene rings is 2. The van der Waals surface area contributed by atoms with E-state index in [4.69, 9.17) is 4.74 Å². The molecule has 1 aliphatic heterocycles. The van der Waals surface area contributed by atoms with Gasteiger partial charge in [-0.1, -0.05) is 30.3 Å². The molecule has 1 saturated carbocycles. The van der Waals surface area contributed by atoms with Crippen LogP contribution >= 0.6 is 0 Å². The molecule has 1 heterocycles. The lowest BCUT2D eigenvalue weighted by Gasteiger charge is -2.60. The second kappa shape index (κ2) is 10.3. The zero-order chi connectivity index (χ0) is 25.1. The quantitative estimate of drug-likeness (QED) is 0.460. The van der Waals surface area contributed by atoms with Gasteiger partial charge in [0.25, 0.3) is 0 Å². The third-order valence-corrected chi connectivity index (χ3v) is 8.03. The van der Waals surface area contributed by atoms with Crippen LogP contribution in [0.3, 0.4) is 0 Å². The van der Waals surface area contributed by atoms with E-state index in [9.17, 15) is 15.0 Å². The lowest BCUT2D eigenvalue weighted by Crippen LogP contribution is -2.67. The average Bonchev–Trinajstić information content (AvgIpc) is 2.86. The first-order chi connectivity index (χ1) is 16.8. The molecule has 3 atom stereocenters. The van der Waals surface area contributed by atoms with Crippen molar-refractivity contribution in [2.24, 2.45) is 0 Å². The molecule has 2 aromatic rings. The Bertz CT molecular complexity index is 1100. The van der Waals surface area contributed by atoms with Crippen LogP contribution in [0.1, 0.15) is 36.8 Å². The summed E-state index contributed by atoms with van der Waals surface area (Å²) >= 11 is 0. The molecule has 35 heavy (non-hydrogen) atoms. The average molecular weight is 477 g/mol. The fourth-order valence-corrected chi connectivity index (χ4v) is 6.13. The smallest absolute Gasteiger partial charge is 0.246 e. The molecule has 1 aliphatic carbocycles. The summed E-state index contributed by atoms with van der Waals surface area (Å²) in [6.45, 7) is 6.40. The zero-order valence-corrected chi connectivity index (χ0v) is 20.7. The first kappa shape index (κ1) is 25.0. The minimum Gasteiger partial charge on any atom is -0.508 e. The van der Waals surface area contributed by atoms with Gasteiger partial charge in [-0.25, -0.2) is 0 Å². The summed E-state index contributed by atoms with van der Waals surface area (Å²) in [5.74, 6) is 0.349. The minimum absolute atomic E-state index is 0.0351. The number of amides is 1. The highest BCUT2D eigenvalue weighted by molar-refractivity contribution is 5.91. The molecule has 2 aromatic carbocycles. The lowest BCUT2D eigenvalue weighted by atomic mass is 9.55. The molecule has 1 amide bonds. The molecule has 0 bridgehead atoms. The van der Waals surface area contributed by atoms with Gasteiger partial charge in [-0.15, -0.1) is 6.58 Å². The summed E-state index contributed by atoms with van der Waals surface area (Å²) in [6.07, 6.45) is 8.51. The highest BCUT2D eigenvalue weighted by Crippen LogP contribution is 2.54. The van der Waals surface area contributed by atoms with Crippen molar-refractivity contribution in [2.45, 2.75) is 42.7 Å². The maximum Gasteiger partial charge on any atom is 0.246 e. The zero-order valence-electron chi connectivity index (χ0n) is 20.7. The number of piperidine rings is 1. The highest BCUT2D eigenvalue weighted by Gasteiger charge is 2.59. The Morgan fingerprint density at radius 2 is 1.94 bits per heavy atom. The fraction of sp³-hybridized carbons (Fsp3) is 0.414. The molecular weight excluding hydrogens is 440 g/mol. The van der Waals surface area contributed by atoms with Crippen LogP contribution in [0.2, 0.25) is 0 Å². The van der Waals surface area contributed by atoms with E-state index in [0.29, 0.717) is 0 Å². The molecule has 6 nitrogen and oxygen atoms in total. The monoisotopic (exact) mass is 476 g/mol. The number of likely N-dealkylation sites (tertiary alicyclic amines) is 1. The van der Waals surface area contributed by atoms with Gasteiger partial charge in [0.2, 0.25) is 5.91 Å². The van der Waals surface area contributed by atoms with Gasteiger partial charge in [-0.2, -0.15) is 0 Å². The van der Waals surface area contributed by atoms with Crippen LogP contribution in [-0.2, 0) is 14.9 Å². The van der Waals surface area contributed by atoms with Crippen LogP contribution in [0.5, 0.6) is 11.5 Å². The van der Waals surface area contributed by atoms with Gasteiger partial charge in [0.1, 0.15) is 11.5 Å². The fourth-order valence-electron chi connectivity index (χ4n) is 6.13. The van der Waals surface area contributed by atoms with Gasteiger partial charge in [-0.3, -0.25) is 9.69 Å². The Kier molecular flexibility index (Phi) is 7.33. The van der Waals surface area contributed by atoms with E-state index < -0.39 is 5.60 Å². The van der Waals surface area contributed by atoms with Gasteiger partial charge >= 0.3 is 0 Å². The van der Waals surface area contributed by atoms with E-state index in [1.165, 1.54) is 0 Å². The van der Waals surface area contributed by atoms with Crippen LogP contribution in [0.15, 0.2) is 67.3 Å². The number of hydrogen-bond donors (Lipinski definition) is 2. The van der Waals surface area contributed by atoms with E-state index in [1.54, 1.807) is 43.5 Å². The molecule has 186 valence electrons. The number of carbonyl (C=O) groups is 1. The third kappa shape index (κ3) is 4.86. The number of hydrogen-bond acceptors (Lipinski definition) is 5. The Morgan fingerprint density at radius 3 is 2.63 bits per heavy atom. The number of phenols is 2. The van der Waals surface area contributed by atoms with Gasteiger partial charge in [0, 0.05) is 44.8 Å². The van der Waals surface area contributed by atoms with Crippen LogP contribution in [0.25, 0.3) is 6.08 Å². The highest BCUT2D eigenvalue weighted by atomic mass is 16.5. The molecule has 1 saturated heterocycles. The number of methoxy groups -OCH3 is 1. The first-order valence-corrected chi connectivity index (χ1v) is 12.2. The van der Waals surface area contributed by atoms with Crippen molar-refractivity contribution < 1.29 is 19.7 Å². The van der Waals surface area contributed by atoms with Crippen molar-refractivity contribution in [1.82, 2.24) is 9.80 Å². The molecule has 2 N–H and O–H groups in total.